The van der Waals surface area contributed by atoms with E-state index < -0.39 is 0 Å². The third kappa shape index (κ3) is 5.92. The van der Waals surface area contributed by atoms with Crippen LogP contribution in [-0.2, 0) is 13.6 Å². The van der Waals surface area contributed by atoms with Crippen molar-refractivity contribution in [3.63, 3.8) is 0 Å². The number of nitrogens with one attached hydrogen (secondary N) is 1. The van der Waals surface area contributed by atoms with E-state index in [0.717, 1.165) is 56.6 Å². The van der Waals surface area contributed by atoms with Crippen molar-refractivity contribution in [2.45, 2.75) is 32.2 Å². The fraction of sp³-hybridized carbons (Fsp3) is 0.423. The Hall–Kier alpha value is -3.35. The number of benzene rings is 2. The molecule has 1 saturated heterocycles. The number of rotatable bonds is 8. The van der Waals surface area contributed by atoms with E-state index in [1.165, 1.54) is 11.3 Å². The lowest BCUT2D eigenvalue weighted by Crippen LogP contribution is -2.41. The SMILES string of the molecule is Cc1nnc(CN=C(NCCCN(C)c2ccccc2)N2CCC(c3ccccc3)C2)n1C. The molecule has 2 aromatic carbocycles. The van der Waals surface area contributed by atoms with Crippen molar-refractivity contribution in [1.29, 1.82) is 0 Å². The monoisotopic (exact) mass is 445 g/mol. The second kappa shape index (κ2) is 11.0. The molecule has 0 spiro atoms. The van der Waals surface area contributed by atoms with Crippen molar-refractivity contribution in [1.82, 2.24) is 25.0 Å². The summed E-state index contributed by atoms with van der Waals surface area (Å²) in [6.07, 6.45) is 2.17. The predicted molar refractivity (Wildman–Crippen MR) is 135 cm³/mol. The Kier molecular flexibility index (Phi) is 7.60. The van der Waals surface area contributed by atoms with Gasteiger partial charge >= 0.3 is 0 Å². The van der Waals surface area contributed by atoms with Gasteiger partial charge in [-0.05, 0) is 37.5 Å². The summed E-state index contributed by atoms with van der Waals surface area (Å²) < 4.78 is 2.01. The second-order valence-corrected chi connectivity index (χ2v) is 8.74. The number of para-hydroxylation sites is 1. The van der Waals surface area contributed by atoms with Crippen LogP contribution in [-0.4, -0.2) is 58.9 Å². The average molecular weight is 446 g/mol. The molecule has 174 valence electrons. The minimum Gasteiger partial charge on any atom is -0.375 e. The first-order valence-corrected chi connectivity index (χ1v) is 11.8. The third-order valence-electron chi connectivity index (χ3n) is 6.46. The van der Waals surface area contributed by atoms with Gasteiger partial charge in [-0.3, -0.25) is 0 Å². The lowest BCUT2D eigenvalue weighted by atomic mass is 9.99. The number of guanidine groups is 1. The smallest absolute Gasteiger partial charge is 0.194 e. The molecule has 1 fully saturated rings. The first-order valence-electron chi connectivity index (χ1n) is 11.8. The highest BCUT2D eigenvalue weighted by atomic mass is 15.3. The summed E-state index contributed by atoms with van der Waals surface area (Å²) in [5.41, 5.74) is 2.65. The van der Waals surface area contributed by atoms with Crippen LogP contribution in [0.3, 0.4) is 0 Å². The van der Waals surface area contributed by atoms with Gasteiger partial charge in [-0.25, -0.2) is 4.99 Å². The maximum Gasteiger partial charge on any atom is 0.194 e. The van der Waals surface area contributed by atoms with E-state index in [4.69, 9.17) is 4.99 Å². The summed E-state index contributed by atoms with van der Waals surface area (Å²) in [6.45, 7) is 6.34. The van der Waals surface area contributed by atoms with E-state index in [1.807, 2.05) is 18.5 Å². The van der Waals surface area contributed by atoms with Crippen LogP contribution in [0.5, 0.6) is 0 Å². The number of likely N-dealkylation sites (tertiary alicyclic amines) is 1. The molecule has 0 amide bonds. The largest absolute Gasteiger partial charge is 0.375 e. The van der Waals surface area contributed by atoms with Gasteiger partial charge in [0, 0.05) is 51.9 Å². The van der Waals surface area contributed by atoms with Crippen molar-refractivity contribution in [3.05, 3.63) is 77.9 Å². The molecule has 1 aromatic heterocycles. The molecular formula is C26H35N7. The molecule has 1 aliphatic rings. The average Bonchev–Trinajstić information content (AvgIpc) is 3.47. The number of aryl methyl sites for hydroxylation is 1. The molecule has 1 N–H and O–H groups in total. The van der Waals surface area contributed by atoms with Gasteiger partial charge in [0.25, 0.3) is 0 Å². The fourth-order valence-corrected chi connectivity index (χ4v) is 4.28. The van der Waals surface area contributed by atoms with Crippen LogP contribution in [0, 0.1) is 6.92 Å². The van der Waals surface area contributed by atoms with Crippen LogP contribution < -0.4 is 10.2 Å². The van der Waals surface area contributed by atoms with Crippen molar-refractivity contribution in [2.75, 3.05) is 38.1 Å². The molecule has 0 aliphatic carbocycles. The molecule has 3 aromatic rings. The minimum absolute atomic E-state index is 0.524. The van der Waals surface area contributed by atoms with E-state index in [0.29, 0.717) is 12.5 Å². The molecule has 0 saturated carbocycles. The van der Waals surface area contributed by atoms with E-state index in [9.17, 15) is 0 Å². The first kappa shape index (κ1) is 22.8. The Morgan fingerprint density at radius 1 is 1.09 bits per heavy atom. The summed E-state index contributed by atoms with van der Waals surface area (Å²) in [5, 5.41) is 12.1. The molecule has 4 rings (SSSR count). The second-order valence-electron chi connectivity index (χ2n) is 8.74. The summed E-state index contributed by atoms with van der Waals surface area (Å²) in [6, 6.07) is 21.3. The summed E-state index contributed by atoms with van der Waals surface area (Å²) >= 11 is 0. The standard InChI is InChI=1S/C26H35N7/c1-21-29-30-25(32(21)3)19-28-26(27-16-10-17-31(2)24-13-8-5-9-14-24)33-18-15-23(20-33)22-11-6-4-7-12-22/h4-9,11-14,23H,10,15-20H2,1-3H3,(H,27,28). The zero-order valence-electron chi connectivity index (χ0n) is 20.0. The third-order valence-corrected chi connectivity index (χ3v) is 6.46. The van der Waals surface area contributed by atoms with Gasteiger partial charge in [-0.2, -0.15) is 0 Å². The quantitative estimate of drug-likeness (QED) is 0.326. The molecular weight excluding hydrogens is 410 g/mol. The number of aliphatic imine (C=N–C) groups is 1. The van der Waals surface area contributed by atoms with E-state index in [2.05, 4.69) is 93.0 Å². The van der Waals surface area contributed by atoms with Crippen LogP contribution in [0.25, 0.3) is 0 Å². The maximum absolute atomic E-state index is 4.95. The van der Waals surface area contributed by atoms with Crippen LogP contribution in [0.4, 0.5) is 5.69 Å². The van der Waals surface area contributed by atoms with Gasteiger partial charge in [0.05, 0.1) is 0 Å². The van der Waals surface area contributed by atoms with Gasteiger partial charge < -0.3 is 19.7 Å². The van der Waals surface area contributed by atoms with E-state index in [1.54, 1.807) is 0 Å². The van der Waals surface area contributed by atoms with E-state index >= 15 is 0 Å². The van der Waals surface area contributed by atoms with Gasteiger partial charge in [-0.15, -0.1) is 10.2 Å². The normalized spacial score (nSPS) is 16.3. The Bertz CT molecular complexity index is 1030. The van der Waals surface area contributed by atoms with Crippen LogP contribution in [0.15, 0.2) is 65.7 Å². The van der Waals surface area contributed by atoms with Crippen LogP contribution in [0.2, 0.25) is 0 Å². The van der Waals surface area contributed by atoms with Crippen molar-refractivity contribution in [3.8, 4) is 0 Å². The topological polar surface area (TPSA) is 61.6 Å². The Morgan fingerprint density at radius 2 is 1.82 bits per heavy atom. The van der Waals surface area contributed by atoms with Gasteiger partial charge in [0.15, 0.2) is 11.8 Å². The molecule has 0 bridgehead atoms. The zero-order chi connectivity index (χ0) is 23.0. The van der Waals surface area contributed by atoms with Crippen molar-refractivity contribution < 1.29 is 0 Å². The molecule has 1 unspecified atom stereocenters. The van der Waals surface area contributed by atoms with Crippen molar-refractivity contribution in [2.24, 2.45) is 12.0 Å². The number of aromatic nitrogens is 3. The molecule has 2 heterocycles. The van der Waals surface area contributed by atoms with Gasteiger partial charge in [0.2, 0.25) is 0 Å². The number of anilines is 1. The van der Waals surface area contributed by atoms with Crippen LogP contribution >= 0.6 is 0 Å². The highest BCUT2D eigenvalue weighted by Crippen LogP contribution is 2.27. The summed E-state index contributed by atoms with van der Waals surface area (Å²) in [5.74, 6) is 3.30. The van der Waals surface area contributed by atoms with Crippen LogP contribution in [0.1, 0.15) is 36.0 Å². The Labute approximate surface area is 197 Å². The lowest BCUT2D eigenvalue weighted by molar-refractivity contribution is 0.482. The molecule has 0 radical (unpaired) electrons. The maximum atomic E-state index is 4.95. The zero-order valence-corrected chi connectivity index (χ0v) is 20.0. The van der Waals surface area contributed by atoms with Gasteiger partial charge in [0.1, 0.15) is 12.4 Å². The molecule has 7 heteroatoms. The highest BCUT2D eigenvalue weighted by Gasteiger charge is 2.26. The molecule has 33 heavy (non-hydrogen) atoms. The van der Waals surface area contributed by atoms with Gasteiger partial charge in [-0.1, -0.05) is 48.5 Å². The Morgan fingerprint density at radius 3 is 2.52 bits per heavy atom. The lowest BCUT2D eigenvalue weighted by Gasteiger charge is -2.23. The Balaban J connectivity index is 1.38. The summed E-state index contributed by atoms with van der Waals surface area (Å²) in [7, 11) is 4.14. The summed E-state index contributed by atoms with van der Waals surface area (Å²) in [4.78, 5) is 9.63. The molecule has 7 nitrogen and oxygen atoms in total. The number of hydrogen-bond donors (Lipinski definition) is 1. The molecule has 1 atom stereocenters. The predicted octanol–water partition coefficient (Wildman–Crippen LogP) is 3.59. The van der Waals surface area contributed by atoms with E-state index in [-0.39, 0.29) is 0 Å². The number of nitrogens with zero attached hydrogens (tertiary/aromatic N) is 6. The molecule has 1 aliphatic heterocycles. The van der Waals surface area contributed by atoms with Crippen molar-refractivity contribution >= 4 is 11.6 Å². The fourth-order valence-electron chi connectivity index (χ4n) is 4.28. The highest BCUT2D eigenvalue weighted by molar-refractivity contribution is 5.80. The first-order chi connectivity index (χ1) is 16.1. The minimum atomic E-state index is 0.524. The number of hydrogen-bond acceptors (Lipinski definition) is 4.